The Labute approximate surface area is 307 Å². The van der Waals surface area contributed by atoms with Crippen molar-refractivity contribution in [3.05, 3.63) is 194 Å². The minimum atomic E-state index is 0.682. The Hall–Kier alpha value is -7.10. The van der Waals surface area contributed by atoms with E-state index in [4.69, 9.17) is 14.4 Å². The van der Waals surface area contributed by atoms with Crippen LogP contribution in [-0.4, -0.2) is 9.97 Å². The predicted molar refractivity (Wildman–Crippen MR) is 219 cm³/mol. The van der Waals surface area contributed by atoms with E-state index in [0.29, 0.717) is 5.82 Å². The number of rotatable bonds is 6. The monoisotopic (exact) mass is 676 g/mol. The highest BCUT2D eigenvalue weighted by molar-refractivity contribution is 6.06. The van der Waals surface area contributed by atoms with Gasteiger partial charge in [0.2, 0.25) is 0 Å². The Morgan fingerprint density at radius 1 is 0.283 bits per heavy atom. The first-order valence-electron chi connectivity index (χ1n) is 17.9. The van der Waals surface area contributed by atoms with Gasteiger partial charge < -0.3 is 4.42 Å². The maximum atomic E-state index is 6.31. The highest BCUT2D eigenvalue weighted by atomic mass is 16.3. The molecule has 0 fully saturated rings. The summed E-state index contributed by atoms with van der Waals surface area (Å²) < 4.78 is 6.31. The molecule has 0 unspecified atom stereocenters. The number of hydrogen-bond donors (Lipinski definition) is 0. The minimum absolute atomic E-state index is 0.682. The second kappa shape index (κ2) is 12.9. The van der Waals surface area contributed by atoms with Crippen LogP contribution in [0.15, 0.2) is 199 Å². The molecule has 0 N–H and O–H groups in total. The Bertz CT molecular complexity index is 2930. The van der Waals surface area contributed by atoms with Crippen molar-refractivity contribution in [2.24, 2.45) is 0 Å². The first kappa shape index (κ1) is 30.7. The van der Waals surface area contributed by atoms with Crippen molar-refractivity contribution in [1.29, 1.82) is 0 Å². The molecule has 2 aromatic heterocycles. The molecule has 0 aliphatic rings. The lowest BCUT2D eigenvalue weighted by atomic mass is 9.94. The van der Waals surface area contributed by atoms with Crippen molar-refractivity contribution < 1.29 is 4.42 Å². The van der Waals surface area contributed by atoms with Gasteiger partial charge in [-0.05, 0) is 92.7 Å². The van der Waals surface area contributed by atoms with E-state index in [0.717, 1.165) is 77.8 Å². The zero-order chi connectivity index (χ0) is 35.1. The lowest BCUT2D eigenvalue weighted by Gasteiger charge is -2.13. The number of hydrogen-bond acceptors (Lipinski definition) is 3. The normalized spacial score (nSPS) is 11.4. The van der Waals surface area contributed by atoms with Crippen molar-refractivity contribution in [3.8, 4) is 67.3 Å². The average Bonchev–Trinajstić information content (AvgIpc) is 3.62. The molecule has 10 rings (SSSR count). The summed E-state index contributed by atoms with van der Waals surface area (Å²) in [6.07, 6.45) is 0. The van der Waals surface area contributed by atoms with Crippen molar-refractivity contribution in [2.45, 2.75) is 0 Å². The molecule has 0 bridgehead atoms. The molecule has 0 radical (unpaired) electrons. The van der Waals surface area contributed by atoms with E-state index in [1.165, 1.54) is 16.3 Å². The third-order valence-electron chi connectivity index (χ3n) is 10.1. The molecule has 0 spiro atoms. The van der Waals surface area contributed by atoms with Gasteiger partial charge in [-0.3, -0.25) is 0 Å². The number of nitrogens with zero attached hydrogens (tertiary/aromatic N) is 2. The van der Waals surface area contributed by atoms with Crippen LogP contribution in [-0.2, 0) is 0 Å². The van der Waals surface area contributed by atoms with E-state index >= 15 is 0 Å². The Morgan fingerprint density at radius 3 is 1.60 bits per heavy atom. The molecule has 0 saturated carbocycles. The van der Waals surface area contributed by atoms with Crippen LogP contribution < -0.4 is 0 Å². The summed E-state index contributed by atoms with van der Waals surface area (Å²) in [6.45, 7) is 0. The number of benzene rings is 8. The van der Waals surface area contributed by atoms with E-state index in [9.17, 15) is 0 Å². The molecule has 3 heteroatoms. The molecule has 0 amide bonds. The SMILES string of the molecule is c1ccc(-c2cc(-c3ccc4c(c3)oc3ccccc34)cc(-c3cc(-c4ccccc4)nc(-c4ccc(-c5ccc6ccccc6c5)cc4)n3)c2)cc1. The molecule has 8 aromatic carbocycles. The topological polar surface area (TPSA) is 38.9 Å². The van der Waals surface area contributed by atoms with Crippen LogP contribution in [0.3, 0.4) is 0 Å². The Kier molecular flexibility index (Phi) is 7.47. The highest BCUT2D eigenvalue weighted by Crippen LogP contribution is 2.37. The molecule has 0 atom stereocenters. The van der Waals surface area contributed by atoms with Gasteiger partial charge in [-0.2, -0.15) is 0 Å². The zero-order valence-corrected chi connectivity index (χ0v) is 28.8. The fourth-order valence-electron chi connectivity index (χ4n) is 7.31. The first-order chi connectivity index (χ1) is 26.2. The Balaban J connectivity index is 1.11. The summed E-state index contributed by atoms with van der Waals surface area (Å²) >= 11 is 0. The Morgan fingerprint density at radius 2 is 0.811 bits per heavy atom. The summed E-state index contributed by atoms with van der Waals surface area (Å²) in [4.78, 5) is 10.4. The maximum Gasteiger partial charge on any atom is 0.160 e. The second-order valence-electron chi connectivity index (χ2n) is 13.4. The van der Waals surface area contributed by atoms with Gasteiger partial charge in [-0.1, -0.05) is 146 Å². The van der Waals surface area contributed by atoms with Crippen molar-refractivity contribution in [2.75, 3.05) is 0 Å². The van der Waals surface area contributed by atoms with Crippen LogP contribution in [0.1, 0.15) is 0 Å². The third-order valence-corrected chi connectivity index (χ3v) is 10.1. The summed E-state index contributed by atoms with van der Waals surface area (Å²) in [5.74, 6) is 0.682. The molecular weight excluding hydrogens is 645 g/mol. The molecule has 248 valence electrons. The number of furan rings is 1. The molecule has 0 aliphatic heterocycles. The largest absolute Gasteiger partial charge is 0.456 e. The molecular formula is C50H32N2O. The van der Waals surface area contributed by atoms with Gasteiger partial charge in [0, 0.05) is 27.5 Å². The van der Waals surface area contributed by atoms with Crippen LogP contribution in [0, 0.1) is 0 Å². The molecule has 3 nitrogen and oxygen atoms in total. The fourth-order valence-corrected chi connectivity index (χ4v) is 7.31. The molecule has 10 aromatic rings. The smallest absolute Gasteiger partial charge is 0.160 e. The van der Waals surface area contributed by atoms with E-state index in [1.807, 2.05) is 18.2 Å². The summed E-state index contributed by atoms with van der Waals surface area (Å²) in [5.41, 5.74) is 13.3. The maximum absolute atomic E-state index is 6.31. The average molecular weight is 677 g/mol. The van der Waals surface area contributed by atoms with E-state index in [1.54, 1.807) is 0 Å². The predicted octanol–water partition coefficient (Wildman–Crippen LogP) is 13.5. The second-order valence-corrected chi connectivity index (χ2v) is 13.4. The molecule has 0 aliphatic carbocycles. The van der Waals surface area contributed by atoms with Gasteiger partial charge >= 0.3 is 0 Å². The number of para-hydroxylation sites is 1. The van der Waals surface area contributed by atoms with Gasteiger partial charge in [-0.15, -0.1) is 0 Å². The lowest BCUT2D eigenvalue weighted by molar-refractivity contribution is 0.669. The molecule has 53 heavy (non-hydrogen) atoms. The summed E-state index contributed by atoms with van der Waals surface area (Å²) in [5, 5.41) is 4.71. The van der Waals surface area contributed by atoms with E-state index in [-0.39, 0.29) is 0 Å². The van der Waals surface area contributed by atoms with E-state index < -0.39 is 0 Å². The lowest BCUT2D eigenvalue weighted by Crippen LogP contribution is -1.96. The van der Waals surface area contributed by atoms with Gasteiger partial charge in [0.25, 0.3) is 0 Å². The quantitative estimate of drug-likeness (QED) is 0.176. The summed E-state index contributed by atoms with van der Waals surface area (Å²) in [6, 6.07) is 68.1. The standard InChI is InChI=1S/C50H32N2O/c1-3-11-33(12-4-1)41-28-42(40-25-26-45-44-17-9-10-18-48(44)53-49(45)31-40)30-43(29-41)47-32-46(36-14-5-2-6-15-36)51-50(52-47)37-22-19-35(20-23-37)39-24-21-34-13-7-8-16-38(34)27-39/h1-32H. The van der Waals surface area contributed by atoms with Crippen LogP contribution in [0.5, 0.6) is 0 Å². The third kappa shape index (κ3) is 5.85. The van der Waals surface area contributed by atoms with Crippen molar-refractivity contribution >= 4 is 32.7 Å². The van der Waals surface area contributed by atoms with E-state index in [2.05, 4.69) is 176 Å². The van der Waals surface area contributed by atoms with Gasteiger partial charge in [0.05, 0.1) is 11.4 Å². The number of aromatic nitrogens is 2. The van der Waals surface area contributed by atoms with Gasteiger partial charge in [0.15, 0.2) is 5.82 Å². The number of fused-ring (bicyclic) bond motifs is 4. The van der Waals surface area contributed by atoms with Crippen molar-refractivity contribution in [3.63, 3.8) is 0 Å². The van der Waals surface area contributed by atoms with Crippen LogP contribution in [0.4, 0.5) is 0 Å². The van der Waals surface area contributed by atoms with Gasteiger partial charge in [-0.25, -0.2) is 9.97 Å². The first-order valence-corrected chi connectivity index (χ1v) is 17.9. The van der Waals surface area contributed by atoms with Crippen molar-refractivity contribution in [1.82, 2.24) is 9.97 Å². The van der Waals surface area contributed by atoms with Crippen LogP contribution >= 0.6 is 0 Å². The highest BCUT2D eigenvalue weighted by Gasteiger charge is 2.15. The molecule has 0 saturated heterocycles. The van der Waals surface area contributed by atoms with Crippen LogP contribution in [0.2, 0.25) is 0 Å². The zero-order valence-electron chi connectivity index (χ0n) is 28.8. The minimum Gasteiger partial charge on any atom is -0.456 e. The van der Waals surface area contributed by atoms with Crippen LogP contribution in [0.25, 0.3) is 100.0 Å². The molecule has 2 heterocycles. The summed E-state index contributed by atoms with van der Waals surface area (Å²) in [7, 11) is 0. The fraction of sp³-hybridized carbons (Fsp3) is 0. The van der Waals surface area contributed by atoms with Gasteiger partial charge in [0.1, 0.15) is 11.2 Å².